The minimum absolute atomic E-state index is 0.0185. The molecule has 0 saturated carbocycles. The van der Waals surface area contributed by atoms with Crippen LogP contribution in [0.2, 0.25) is 5.02 Å². The minimum atomic E-state index is -0.604. The Kier molecular flexibility index (Phi) is 6.73. The number of hydrogen-bond acceptors (Lipinski definition) is 6. The third-order valence-electron chi connectivity index (χ3n) is 4.60. The minimum Gasteiger partial charge on any atom is -0.493 e. The summed E-state index contributed by atoms with van der Waals surface area (Å²) in [7, 11) is 1.39. The van der Waals surface area contributed by atoms with Gasteiger partial charge in [-0.2, -0.15) is 0 Å². The lowest BCUT2D eigenvalue weighted by Crippen LogP contribution is -2.45. The largest absolute Gasteiger partial charge is 0.493 e. The number of nitro benzene ring substituents is 1. The number of carbonyl (C=O) groups excluding carboxylic acids is 2. The first-order valence-electron chi connectivity index (χ1n) is 9.27. The van der Waals surface area contributed by atoms with Crippen molar-refractivity contribution in [2.45, 2.75) is 25.3 Å². The molecule has 30 heavy (non-hydrogen) atoms. The van der Waals surface area contributed by atoms with Crippen LogP contribution in [0.4, 0.5) is 5.69 Å². The Hall–Kier alpha value is -3.33. The molecule has 2 aromatic carbocycles. The Morgan fingerprint density at radius 1 is 1.20 bits per heavy atom. The number of ether oxygens (including phenoxy) is 2. The first-order valence-corrected chi connectivity index (χ1v) is 9.65. The van der Waals surface area contributed by atoms with Crippen molar-refractivity contribution in [1.29, 1.82) is 0 Å². The van der Waals surface area contributed by atoms with Gasteiger partial charge in [-0.25, -0.2) is 0 Å². The van der Waals surface area contributed by atoms with Crippen molar-refractivity contribution in [1.82, 2.24) is 10.6 Å². The van der Waals surface area contributed by atoms with Gasteiger partial charge in [0.2, 0.25) is 11.7 Å². The lowest BCUT2D eigenvalue weighted by Gasteiger charge is -2.16. The molecule has 9 nitrogen and oxygen atoms in total. The van der Waals surface area contributed by atoms with E-state index in [1.165, 1.54) is 43.5 Å². The van der Waals surface area contributed by atoms with Crippen LogP contribution in [0, 0.1) is 10.1 Å². The zero-order valence-electron chi connectivity index (χ0n) is 16.1. The molecule has 0 aromatic heterocycles. The molecule has 2 aromatic rings. The number of benzene rings is 2. The number of rotatable bonds is 6. The Bertz CT molecular complexity index is 981. The van der Waals surface area contributed by atoms with E-state index in [0.29, 0.717) is 13.0 Å². The SMILES string of the molecule is COc1cc(C(=O)NC2CCCCNC2=O)ccc1Oc1ccc(Cl)cc1[N+](=O)[O-]. The molecule has 0 aliphatic carbocycles. The van der Waals surface area contributed by atoms with Crippen LogP contribution < -0.4 is 20.1 Å². The fourth-order valence-corrected chi connectivity index (χ4v) is 3.22. The van der Waals surface area contributed by atoms with Crippen LogP contribution in [0.1, 0.15) is 29.6 Å². The Labute approximate surface area is 177 Å². The highest BCUT2D eigenvalue weighted by molar-refractivity contribution is 6.30. The molecule has 1 heterocycles. The van der Waals surface area contributed by atoms with Crippen LogP contribution in [0.15, 0.2) is 36.4 Å². The lowest BCUT2D eigenvalue weighted by molar-refractivity contribution is -0.385. The highest BCUT2D eigenvalue weighted by atomic mass is 35.5. The maximum Gasteiger partial charge on any atom is 0.313 e. The van der Waals surface area contributed by atoms with E-state index < -0.39 is 16.9 Å². The van der Waals surface area contributed by atoms with Gasteiger partial charge < -0.3 is 20.1 Å². The Morgan fingerprint density at radius 3 is 2.70 bits per heavy atom. The molecule has 0 bridgehead atoms. The maximum atomic E-state index is 12.6. The number of nitrogens with one attached hydrogen (secondary N) is 2. The first-order chi connectivity index (χ1) is 14.4. The van der Waals surface area contributed by atoms with Crippen molar-refractivity contribution >= 4 is 29.1 Å². The number of methoxy groups -OCH3 is 1. The third kappa shape index (κ3) is 4.98. The summed E-state index contributed by atoms with van der Waals surface area (Å²) < 4.78 is 10.9. The van der Waals surface area contributed by atoms with E-state index >= 15 is 0 Å². The van der Waals surface area contributed by atoms with E-state index in [0.717, 1.165) is 12.8 Å². The monoisotopic (exact) mass is 433 g/mol. The predicted molar refractivity (Wildman–Crippen MR) is 109 cm³/mol. The van der Waals surface area contributed by atoms with Crippen molar-refractivity contribution in [3.8, 4) is 17.2 Å². The Morgan fingerprint density at radius 2 is 1.97 bits per heavy atom. The summed E-state index contributed by atoms with van der Waals surface area (Å²) in [5.74, 6) is -0.263. The van der Waals surface area contributed by atoms with Crippen LogP contribution >= 0.6 is 11.6 Å². The van der Waals surface area contributed by atoms with Crippen LogP contribution in [0.5, 0.6) is 17.2 Å². The summed E-state index contributed by atoms with van der Waals surface area (Å²) >= 11 is 5.82. The highest BCUT2D eigenvalue weighted by Gasteiger charge is 2.24. The van der Waals surface area contributed by atoms with Gasteiger partial charge in [0.1, 0.15) is 6.04 Å². The lowest BCUT2D eigenvalue weighted by atomic mass is 10.1. The molecule has 1 unspecified atom stereocenters. The molecular formula is C20H20ClN3O6. The highest BCUT2D eigenvalue weighted by Crippen LogP contribution is 2.37. The molecule has 158 valence electrons. The van der Waals surface area contributed by atoms with Gasteiger partial charge in [0.25, 0.3) is 5.91 Å². The first kappa shape index (κ1) is 21.4. The number of amides is 2. The van der Waals surface area contributed by atoms with Crippen molar-refractivity contribution in [2.24, 2.45) is 0 Å². The summed E-state index contributed by atoms with van der Waals surface area (Å²) in [6, 6.07) is 7.84. The number of halogens is 1. The normalized spacial score (nSPS) is 16.2. The second-order valence-corrected chi connectivity index (χ2v) is 7.09. The van der Waals surface area contributed by atoms with Crippen LogP contribution in [-0.2, 0) is 4.79 Å². The van der Waals surface area contributed by atoms with Gasteiger partial charge in [-0.05, 0) is 49.6 Å². The van der Waals surface area contributed by atoms with Gasteiger partial charge in [0.05, 0.1) is 12.0 Å². The summed E-state index contributed by atoms with van der Waals surface area (Å²) in [5.41, 5.74) is -0.0346. The Balaban J connectivity index is 1.80. The van der Waals surface area contributed by atoms with Crippen LogP contribution in [0.3, 0.4) is 0 Å². The molecule has 1 atom stereocenters. The molecule has 0 radical (unpaired) electrons. The second-order valence-electron chi connectivity index (χ2n) is 6.65. The summed E-state index contributed by atoms with van der Waals surface area (Å²) in [6.45, 7) is 0.599. The van der Waals surface area contributed by atoms with Crippen LogP contribution in [-0.4, -0.2) is 36.4 Å². The standard InChI is InChI=1S/C20H20ClN3O6/c1-29-18-10-12(19(25)23-14-4-2-3-9-22-20(14)26)5-7-17(18)30-16-8-6-13(21)11-15(16)24(27)28/h5-8,10-11,14H,2-4,9H2,1H3,(H,22,26)(H,23,25). The van der Waals surface area contributed by atoms with E-state index in [2.05, 4.69) is 10.6 Å². The molecule has 0 spiro atoms. The van der Waals surface area contributed by atoms with E-state index in [1.54, 1.807) is 0 Å². The molecule has 1 saturated heterocycles. The van der Waals surface area contributed by atoms with Gasteiger partial charge >= 0.3 is 5.69 Å². The smallest absolute Gasteiger partial charge is 0.313 e. The molecule has 10 heteroatoms. The molecule has 2 N–H and O–H groups in total. The number of hydrogen-bond donors (Lipinski definition) is 2. The average Bonchev–Trinajstić information content (AvgIpc) is 2.93. The zero-order valence-corrected chi connectivity index (χ0v) is 16.9. The summed E-state index contributed by atoms with van der Waals surface area (Å²) in [6.07, 6.45) is 2.27. The molecule has 1 aliphatic rings. The van der Waals surface area contributed by atoms with Gasteiger partial charge in [-0.1, -0.05) is 11.6 Å². The van der Waals surface area contributed by atoms with E-state index in [-0.39, 0.29) is 39.4 Å². The topological polar surface area (TPSA) is 120 Å². The van der Waals surface area contributed by atoms with Gasteiger partial charge in [-0.3, -0.25) is 19.7 Å². The number of nitrogens with zero attached hydrogens (tertiary/aromatic N) is 1. The second kappa shape index (κ2) is 9.45. The van der Waals surface area contributed by atoms with Gasteiger partial charge in [0.15, 0.2) is 11.5 Å². The van der Waals surface area contributed by atoms with Gasteiger partial charge in [0, 0.05) is 23.2 Å². The summed E-state index contributed by atoms with van der Waals surface area (Å²) in [4.78, 5) is 35.3. The average molecular weight is 434 g/mol. The number of carbonyl (C=O) groups is 2. The fraction of sp³-hybridized carbons (Fsp3) is 0.300. The molecule has 1 fully saturated rings. The van der Waals surface area contributed by atoms with Crippen molar-refractivity contribution in [2.75, 3.05) is 13.7 Å². The zero-order chi connectivity index (χ0) is 21.7. The quantitative estimate of drug-likeness (QED) is 0.531. The van der Waals surface area contributed by atoms with E-state index in [9.17, 15) is 19.7 Å². The third-order valence-corrected chi connectivity index (χ3v) is 4.84. The van der Waals surface area contributed by atoms with Crippen molar-refractivity contribution in [3.63, 3.8) is 0 Å². The van der Waals surface area contributed by atoms with Crippen molar-refractivity contribution < 1.29 is 24.0 Å². The molecular weight excluding hydrogens is 414 g/mol. The fourth-order valence-electron chi connectivity index (χ4n) is 3.05. The van der Waals surface area contributed by atoms with Crippen LogP contribution in [0.25, 0.3) is 0 Å². The molecule has 3 rings (SSSR count). The van der Waals surface area contributed by atoms with E-state index in [1.807, 2.05) is 0 Å². The summed E-state index contributed by atoms with van der Waals surface area (Å²) in [5, 5.41) is 16.9. The predicted octanol–water partition coefficient (Wildman–Crippen LogP) is 3.45. The van der Waals surface area contributed by atoms with Gasteiger partial charge in [-0.15, -0.1) is 0 Å². The van der Waals surface area contributed by atoms with E-state index in [4.69, 9.17) is 21.1 Å². The molecule has 2 amide bonds. The maximum absolute atomic E-state index is 12.6. The van der Waals surface area contributed by atoms with Crippen molar-refractivity contribution in [3.05, 3.63) is 57.1 Å². The molecule has 1 aliphatic heterocycles. The number of nitro groups is 1.